The van der Waals surface area contributed by atoms with Crippen molar-refractivity contribution in [3.8, 4) is 11.5 Å². The van der Waals surface area contributed by atoms with Crippen molar-refractivity contribution in [2.75, 3.05) is 17.7 Å². The lowest BCUT2D eigenvalue weighted by Crippen LogP contribution is -2.11. The fourth-order valence-corrected chi connectivity index (χ4v) is 3.17. The lowest BCUT2D eigenvalue weighted by molar-refractivity contribution is 0.100. The van der Waals surface area contributed by atoms with Crippen LogP contribution in [0, 0.1) is 0 Å². The number of nitrogens with zero attached hydrogens (tertiary/aromatic N) is 4. The standard InChI is InChI=1S/C16H16ClN7O2.C8H10O/c1-7(2)14-23-24-15(26-14)10-6-20-16(22-12(10)18)21-8-3-4-9(13(19)25)11(17)5-8;9-7-6-8-4-2-1-3-5-8/h3-7H,1-2H3,(H2,19,25)(H3,18,20,21,22);1-5,9H,6-7H2. The first-order valence-corrected chi connectivity index (χ1v) is 11.1. The Bertz CT molecular complexity index is 1280. The van der Waals surface area contributed by atoms with Crippen molar-refractivity contribution in [2.45, 2.75) is 26.2 Å². The summed E-state index contributed by atoms with van der Waals surface area (Å²) in [7, 11) is 0. The van der Waals surface area contributed by atoms with Gasteiger partial charge in [-0.2, -0.15) is 4.98 Å². The third-order valence-electron chi connectivity index (χ3n) is 4.72. The quantitative estimate of drug-likeness (QED) is 0.296. The zero-order valence-corrected chi connectivity index (χ0v) is 20.0. The van der Waals surface area contributed by atoms with E-state index < -0.39 is 5.91 Å². The lowest BCUT2D eigenvalue weighted by Gasteiger charge is -2.08. The zero-order chi connectivity index (χ0) is 25.4. The van der Waals surface area contributed by atoms with Crippen molar-refractivity contribution < 1.29 is 14.3 Å². The molecule has 0 aliphatic rings. The molecule has 182 valence electrons. The summed E-state index contributed by atoms with van der Waals surface area (Å²) in [5.74, 6) is 0.690. The van der Waals surface area contributed by atoms with Crippen LogP contribution in [0.1, 0.15) is 41.6 Å². The molecule has 1 amide bonds. The second-order valence-corrected chi connectivity index (χ2v) is 8.14. The van der Waals surface area contributed by atoms with Crippen LogP contribution in [-0.4, -0.2) is 37.8 Å². The van der Waals surface area contributed by atoms with Crippen LogP contribution in [0.4, 0.5) is 17.5 Å². The Labute approximate surface area is 207 Å². The molecule has 0 bridgehead atoms. The molecule has 4 aromatic rings. The Morgan fingerprint density at radius 2 is 1.91 bits per heavy atom. The summed E-state index contributed by atoms with van der Waals surface area (Å²) in [6.07, 6.45) is 2.25. The van der Waals surface area contributed by atoms with E-state index in [0.29, 0.717) is 17.1 Å². The van der Waals surface area contributed by atoms with Crippen LogP contribution in [-0.2, 0) is 6.42 Å². The van der Waals surface area contributed by atoms with E-state index >= 15 is 0 Å². The maximum atomic E-state index is 11.2. The first kappa shape index (κ1) is 25.6. The van der Waals surface area contributed by atoms with Gasteiger partial charge in [0.2, 0.25) is 17.7 Å². The van der Waals surface area contributed by atoms with E-state index in [9.17, 15) is 4.79 Å². The molecular weight excluding hydrogens is 470 g/mol. The van der Waals surface area contributed by atoms with E-state index in [0.717, 1.165) is 6.42 Å². The number of primary amides is 1. The average molecular weight is 496 g/mol. The number of carbonyl (C=O) groups excluding carboxylic acids is 1. The number of nitrogens with two attached hydrogens (primary N) is 2. The van der Waals surface area contributed by atoms with Gasteiger partial charge in [-0.25, -0.2) is 4.98 Å². The first-order valence-electron chi connectivity index (χ1n) is 10.8. The molecule has 2 aromatic carbocycles. The molecule has 0 saturated heterocycles. The molecule has 35 heavy (non-hydrogen) atoms. The number of hydrogen-bond donors (Lipinski definition) is 4. The van der Waals surface area contributed by atoms with Gasteiger partial charge in [0.1, 0.15) is 5.82 Å². The molecule has 2 heterocycles. The highest BCUT2D eigenvalue weighted by Gasteiger charge is 2.16. The molecule has 0 aliphatic carbocycles. The Morgan fingerprint density at radius 1 is 1.17 bits per heavy atom. The number of aliphatic hydroxyl groups is 1. The molecule has 0 unspecified atom stereocenters. The third kappa shape index (κ3) is 6.98. The minimum Gasteiger partial charge on any atom is -0.420 e. The molecule has 4 rings (SSSR count). The van der Waals surface area contributed by atoms with E-state index in [1.165, 1.54) is 17.8 Å². The number of halogens is 1. The third-order valence-corrected chi connectivity index (χ3v) is 5.03. The van der Waals surface area contributed by atoms with Crippen molar-refractivity contribution >= 4 is 35.0 Å². The minimum atomic E-state index is -0.605. The molecule has 0 aliphatic heterocycles. The predicted molar refractivity (Wildman–Crippen MR) is 134 cm³/mol. The number of nitrogens with one attached hydrogen (secondary N) is 1. The van der Waals surface area contributed by atoms with Crippen molar-refractivity contribution in [2.24, 2.45) is 5.73 Å². The van der Waals surface area contributed by atoms with Gasteiger partial charge in [0.25, 0.3) is 5.89 Å². The fourth-order valence-electron chi connectivity index (χ4n) is 2.89. The SMILES string of the molecule is CC(C)c1nnc(-c2cnc(Nc3ccc(C(N)=O)c(Cl)c3)nc2N)o1.OCCc1ccccc1. The summed E-state index contributed by atoms with van der Waals surface area (Å²) in [6.45, 7) is 4.13. The van der Waals surface area contributed by atoms with E-state index in [1.54, 1.807) is 12.1 Å². The number of carbonyl (C=O) groups is 1. The second-order valence-electron chi connectivity index (χ2n) is 7.74. The largest absolute Gasteiger partial charge is 0.420 e. The average Bonchev–Trinajstić information content (AvgIpc) is 3.31. The van der Waals surface area contributed by atoms with Crippen molar-refractivity contribution in [1.29, 1.82) is 0 Å². The number of hydrogen-bond acceptors (Lipinski definition) is 9. The number of amides is 1. The summed E-state index contributed by atoms with van der Waals surface area (Å²) in [5, 5.41) is 19.6. The topological polar surface area (TPSA) is 166 Å². The van der Waals surface area contributed by atoms with Gasteiger partial charge in [0.15, 0.2) is 0 Å². The van der Waals surface area contributed by atoms with E-state index in [-0.39, 0.29) is 40.8 Å². The van der Waals surface area contributed by atoms with Crippen LogP contribution >= 0.6 is 11.6 Å². The highest BCUT2D eigenvalue weighted by molar-refractivity contribution is 6.34. The van der Waals surface area contributed by atoms with Crippen LogP contribution in [0.5, 0.6) is 0 Å². The van der Waals surface area contributed by atoms with E-state index in [4.69, 9.17) is 32.6 Å². The van der Waals surface area contributed by atoms with Crippen molar-refractivity contribution in [3.63, 3.8) is 0 Å². The van der Waals surface area contributed by atoms with Crippen LogP contribution in [0.15, 0.2) is 59.1 Å². The van der Waals surface area contributed by atoms with Crippen molar-refractivity contribution in [1.82, 2.24) is 20.2 Å². The Balaban J connectivity index is 0.000000320. The van der Waals surface area contributed by atoms with Gasteiger partial charge in [0, 0.05) is 24.4 Å². The van der Waals surface area contributed by atoms with Gasteiger partial charge in [-0.1, -0.05) is 55.8 Å². The fraction of sp³-hybridized carbons (Fsp3) is 0.208. The van der Waals surface area contributed by atoms with Crippen LogP contribution in [0.2, 0.25) is 5.02 Å². The number of aliphatic hydroxyl groups excluding tert-OH is 1. The van der Waals surface area contributed by atoms with E-state index in [2.05, 4.69) is 25.5 Å². The molecule has 10 nitrogen and oxygen atoms in total. The van der Waals surface area contributed by atoms with Gasteiger partial charge < -0.3 is 26.3 Å². The minimum absolute atomic E-state index is 0.104. The Morgan fingerprint density at radius 3 is 2.49 bits per heavy atom. The molecule has 0 radical (unpaired) electrons. The Kier molecular flexibility index (Phi) is 8.71. The van der Waals surface area contributed by atoms with Gasteiger partial charge in [-0.15, -0.1) is 10.2 Å². The number of aromatic nitrogens is 4. The number of anilines is 3. The van der Waals surface area contributed by atoms with Gasteiger partial charge >= 0.3 is 0 Å². The monoisotopic (exact) mass is 495 g/mol. The normalized spacial score (nSPS) is 10.5. The molecule has 0 atom stereocenters. The van der Waals surface area contributed by atoms with Gasteiger partial charge in [-0.05, 0) is 30.2 Å². The van der Waals surface area contributed by atoms with E-state index in [1.807, 2.05) is 44.2 Å². The maximum absolute atomic E-state index is 11.2. The summed E-state index contributed by atoms with van der Waals surface area (Å²) in [4.78, 5) is 19.6. The summed E-state index contributed by atoms with van der Waals surface area (Å²) >= 11 is 6.02. The Hall–Kier alpha value is -4.02. The summed E-state index contributed by atoms with van der Waals surface area (Å²) in [5.41, 5.74) is 13.6. The zero-order valence-electron chi connectivity index (χ0n) is 19.3. The van der Waals surface area contributed by atoms with Gasteiger partial charge in [0.05, 0.1) is 16.1 Å². The van der Waals surface area contributed by atoms with Crippen molar-refractivity contribution in [3.05, 3.63) is 76.8 Å². The molecule has 0 fully saturated rings. The molecule has 11 heteroatoms. The summed E-state index contributed by atoms with van der Waals surface area (Å²) < 4.78 is 5.56. The number of nitrogen functional groups attached to an aromatic ring is 1. The second kappa shape index (κ2) is 11.9. The van der Waals surface area contributed by atoms with Gasteiger partial charge in [-0.3, -0.25) is 4.79 Å². The lowest BCUT2D eigenvalue weighted by atomic mass is 10.2. The highest BCUT2D eigenvalue weighted by atomic mass is 35.5. The van der Waals surface area contributed by atoms with Crippen LogP contribution in [0.3, 0.4) is 0 Å². The first-order chi connectivity index (χ1) is 16.8. The summed E-state index contributed by atoms with van der Waals surface area (Å²) in [6, 6.07) is 14.6. The molecule has 0 spiro atoms. The predicted octanol–water partition coefficient (Wildman–Crippen LogP) is 3.95. The molecular formula is C24H26ClN7O3. The molecule has 0 saturated carbocycles. The smallest absolute Gasteiger partial charge is 0.253 e. The van der Waals surface area contributed by atoms with Crippen LogP contribution < -0.4 is 16.8 Å². The highest BCUT2D eigenvalue weighted by Crippen LogP contribution is 2.27. The maximum Gasteiger partial charge on any atom is 0.253 e. The van der Waals surface area contributed by atoms with Crippen LogP contribution in [0.25, 0.3) is 11.5 Å². The number of rotatable bonds is 7. The number of benzene rings is 2. The molecule has 2 aromatic heterocycles. The molecule has 6 N–H and O–H groups in total.